The third-order valence-corrected chi connectivity index (χ3v) is 2.65. The summed E-state index contributed by atoms with van der Waals surface area (Å²) in [5.74, 6) is 8.23. The third-order valence-electron chi connectivity index (χ3n) is 2.65. The number of nitrogens with two attached hydrogens (primary N) is 1. The highest BCUT2D eigenvalue weighted by atomic mass is 16.5. The van der Waals surface area contributed by atoms with Crippen molar-refractivity contribution < 1.29 is 4.74 Å². The number of aryl methyl sites for hydroxylation is 1. The lowest BCUT2D eigenvalue weighted by atomic mass is 10.3. The monoisotopic (exact) mass is 273 g/mol. The van der Waals surface area contributed by atoms with Crippen LogP contribution in [0.3, 0.4) is 0 Å². The molecule has 0 atom stereocenters. The van der Waals surface area contributed by atoms with Gasteiger partial charge in [-0.3, -0.25) is 0 Å². The number of ether oxygens (including phenoxy) is 1. The van der Waals surface area contributed by atoms with Crippen LogP contribution in [-0.4, -0.2) is 16.6 Å². The van der Waals surface area contributed by atoms with Crippen LogP contribution in [0.2, 0.25) is 0 Å². The number of nitrogens with zero attached hydrogens (tertiary/aromatic N) is 2. The maximum atomic E-state index is 5.47. The third kappa shape index (κ3) is 3.58. The Hall–Kier alpha value is -2.34. The number of anilines is 3. The summed E-state index contributed by atoms with van der Waals surface area (Å²) in [6, 6.07) is 9.47. The lowest BCUT2D eigenvalue weighted by molar-refractivity contribution is 0.340. The fraction of sp³-hybridized carbons (Fsp3) is 0.286. The second-order valence-corrected chi connectivity index (χ2v) is 4.14. The van der Waals surface area contributed by atoms with E-state index in [9.17, 15) is 0 Å². The van der Waals surface area contributed by atoms with E-state index in [1.165, 1.54) is 0 Å². The van der Waals surface area contributed by atoms with Crippen LogP contribution < -0.4 is 21.3 Å². The molecule has 2 aromatic rings. The molecule has 0 aliphatic rings. The topological polar surface area (TPSA) is 85.1 Å². The van der Waals surface area contributed by atoms with Crippen molar-refractivity contribution in [3.05, 3.63) is 36.2 Å². The molecule has 0 radical (unpaired) electrons. The first-order valence-electron chi connectivity index (χ1n) is 6.59. The van der Waals surface area contributed by atoms with E-state index in [4.69, 9.17) is 10.6 Å². The van der Waals surface area contributed by atoms with Gasteiger partial charge in [-0.25, -0.2) is 15.8 Å². The van der Waals surface area contributed by atoms with E-state index in [-0.39, 0.29) is 0 Å². The predicted octanol–water partition coefficient (Wildman–Crippen LogP) is 2.47. The normalized spacial score (nSPS) is 10.2. The average Bonchev–Trinajstić information content (AvgIpc) is 2.47. The smallest absolute Gasteiger partial charge is 0.145 e. The molecule has 0 spiro atoms. The highest BCUT2D eigenvalue weighted by Crippen LogP contribution is 2.21. The second-order valence-electron chi connectivity index (χ2n) is 4.14. The molecular weight excluding hydrogens is 254 g/mol. The number of hydrazine groups is 1. The first-order valence-corrected chi connectivity index (χ1v) is 6.59. The highest BCUT2D eigenvalue weighted by Gasteiger charge is 2.04. The van der Waals surface area contributed by atoms with E-state index < -0.39 is 0 Å². The maximum absolute atomic E-state index is 5.47. The summed E-state index contributed by atoms with van der Waals surface area (Å²) < 4.78 is 5.47. The van der Waals surface area contributed by atoms with E-state index in [2.05, 4.69) is 20.7 Å². The van der Waals surface area contributed by atoms with E-state index in [0.717, 1.165) is 23.7 Å². The Balaban J connectivity index is 2.22. The van der Waals surface area contributed by atoms with Gasteiger partial charge in [-0.2, -0.15) is 0 Å². The Morgan fingerprint density at radius 1 is 1.15 bits per heavy atom. The van der Waals surface area contributed by atoms with Gasteiger partial charge >= 0.3 is 0 Å². The van der Waals surface area contributed by atoms with Crippen molar-refractivity contribution in [3.8, 4) is 5.75 Å². The van der Waals surface area contributed by atoms with Crippen molar-refractivity contribution in [3.63, 3.8) is 0 Å². The fourth-order valence-corrected chi connectivity index (χ4v) is 1.77. The lowest BCUT2D eigenvalue weighted by Gasteiger charge is -2.10. The SMILES string of the molecule is CCOc1cccc(Nc2cc(NN)nc(CC)n2)c1. The summed E-state index contributed by atoms with van der Waals surface area (Å²) in [6.07, 6.45) is 0.739. The van der Waals surface area contributed by atoms with Crippen LogP contribution >= 0.6 is 0 Å². The van der Waals surface area contributed by atoms with E-state index >= 15 is 0 Å². The van der Waals surface area contributed by atoms with Gasteiger partial charge in [0.1, 0.15) is 23.2 Å². The molecule has 4 N–H and O–H groups in total. The molecule has 0 amide bonds. The Labute approximate surface area is 118 Å². The largest absolute Gasteiger partial charge is 0.494 e. The van der Waals surface area contributed by atoms with Gasteiger partial charge in [0.2, 0.25) is 0 Å². The van der Waals surface area contributed by atoms with Crippen molar-refractivity contribution in [1.82, 2.24) is 9.97 Å². The molecule has 0 saturated heterocycles. The van der Waals surface area contributed by atoms with Gasteiger partial charge in [-0.05, 0) is 19.1 Å². The van der Waals surface area contributed by atoms with E-state index in [0.29, 0.717) is 18.2 Å². The summed E-state index contributed by atoms with van der Waals surface area (Å²) >= 11 is 0. The molecule has 6 nitrogen and oxygen atoms in total. The summed E-state index contributed by atoms with van der Waals surface area (Å²) in [5, 5.41) is 3.23. The molecule has 2 rings (SSSR count). The van der Waals surface area contributed by atoms with Gasteiger partial charge in [0.25, 0.3) is 0 Å². The molecule has 106 valence electrons. The number of nitrogen functional groups attached to an aromatic ring is 1. The van der Waals surface area contributed by atoms with Crippen LogP contribution in [0.1, 0.15) is 19.7 Å². The van der Waals surface area contributed by atoms with Crippen molar-refractivity contribution in [2.24, 2.45) is 5.84 Å². The van der Waals surface area contributed by atoms with Crippen LogP contribution in [0.4, 0.5) is 17.3 Å². The molecule has 1 aromatic heterocycles. The van der Waals surface area contributed by atoms with Crippen molar-refractivity contribution in [2.45, 2.75) is 20.3 Å². The van der Waals surface area contributed by atoms with Crippen LogP contribution in [0.25, 0.3) is 0 Å². The van der Waals surface area contributed by atoms with Gasteiger partial charge in [-0.1, -0.05) is 13.0 Å². The van der Waals surface area contributed by atoms with Gasteiger partial charge in [0.05, 0.1) is 6.61 Å². The van der Waals surface area contributed by atoms with Gasteiger partial charge in [-0.15, -0.1) is 0 Å². The second kappa shape index (κ2) is 6.72. The molecule has 0 saturated carbocycles. The minimum atomic E-state index is 0.584. The number of rotatable bonds is 6. The number of aromatic nitrogens is 2. The average molecular weight is 273 g/mol. The van der Waals surface area contributed by atoms with Crippen molar-refractivity contribution in [1.29, 1.82) is 0 Å². The highest BCUT2D eigenvalue weighted by molar-refractivity contribution is 5.60. The molecular formula is C14H19N5O. The maximum Gasteiger partial charge on any atom is 0.145 e. The molecule has 6 heteroatoms. The van der Waals surface area contributed by atoms with Crippen LogP contribution in [-0.2, 0) is 6.42 Å². The molecule has 0 fully saturated rings. The number of benzene rings is 1. The molecule has 1 aromatic carbocycles. The number of nitrogens with one attached hydrogen (secondary N) is 2. The van der Waals surface area contributed by atoms with E-state index in [1.54, 1.807) is 6.07 Å². The summed E-state index contributed by atoms with van der Waals surface area (Å²) in [7, 11) is 0. The predicted molar refractivity (Wildman–Crippen MR) is 80.1 cm³/mol. The minimum absolute atomic E-state index is 0.584. The van der Waals surface area contributed by atoms with Gasteiger partial charge in [0, 0.05) is 24.2 Å². The van der Waals surface area contributed by atoms with Crippen LogP contribution in [0, 0.1) is 0 Å². The van der Waals surface area contributed by atoms with Crippen molar-refractivity contribution in [2.75, 3.05) is 17.3 Å². The first-order chi connectivity index (χ1) is 9.75. The Kier molecular flexibility index (Phi) is 4.73. The molecule has 0 aliphatic heterocycles. The Bertz CT molecular complexity index is 551. The molecule has 1 heterocycles. The van der Waals surface area contributed by atoms with E-state index in [1.807, 2.05) is 38.1 Å². The molecule has 0 unspecified atom stereocenters. The lowest BCUT2D eigenvalue weighted by Crippen LogP contribution is -2.11. The zero-order chi connectivity index (χ0) is 14.4. The van der Waals surface area contributed by atoms with Crippen LogP contribution in [0.5, 0.6) is 5.75 Å². The Morgan fingerprint density at radius 3 is 2.65 bits per heavy atom. The number of hydrogen-bond donors (Lipinski definition) is 3. The summed E-state index contributed by atoms with van der Waals surface area (Å²) in [4.78, 5) is 8.66. The van der Waals surface area contributed by atoms with Crippen molar-refractivity contribution >= 4 is 17.3 Å². The molecule has 20 heavy (non-hydrogen) atoms. The number of hydrogen-bond acceptors (Lipinski definition) is 6. The Morgan fingerprint density at radius 2 is 1.95 bits per heavy atom. The summed E-state index contributed by atoms with van der Waals surface area (Å²) in [5.41, 5.74) is 3.45. The van der Waals surface area contributed by atoms with Crippen LogP contribution in [0.15, 0.2) is 30.3 Å². The minimum Gasteiger partial charge on any atom is -0.494 e. The standard InChI is InChI=1S/C14H19N5O/c1-3-12-17-13(9-14(18-12)19-15)16-10-6-5-7-11(8-10)20-4-2/h5-9H,3-4,15H2,1-2H3,(H2,16,17,18,19). The van der Waals surface area contributed by atoms with Gasteiger partial charge in [0.15, 0.2) is 0 Å². The van der Waals surface area contributed by atoms with Gasteiger partial charge < -0.3 is 15.5 Å². The molecule has 0 aliphatic carbocycles. The molecule has 0 bridgehead atoms. The quantitative estimate of drug-likeness (QED) is 0.554. The fourth-order valence-electron chi connectivity index (χ4n) is 1.77. The zero-order valence-electron chi connectivity index (χ0n) is 11.7. The zero-order valence-corrected chi connectivity index (χ0v) is 11.7. The first kappa shape index (κ1) is 14.1. The summed E-state index contributed by atoms with van der Waals surface area (Å²) in [6.45, 7) is 4.59.